The number of rotatable bonds is 9. The van der Waals surface area contributed by atoms with Gasteiger partial charge in [-0.2, -0.15) is 0 Å². The summed E-state index contributed by atoms with van der Waals surface area (Å²) >= 11 is 0. The van der Waals surface area contributed by atoms with Gasteiger partial charge in [0.1, 0.15) is 12.0 Å². The Kier molecular flexibility index (Phi) is 8.74. The van der Waals surface area contributed by atoms with Crippen molar-refractivity contribution in [3.05, 3.63) is 29.3 Å². The number of amides is 2. The summed E-state index contributed by atoms with van der Waals surface area (Å²) in [5, 5.41) is 17.5. The zero-order valence-corrected chi connectivity index (χ0v) is 20.0. The van der Waals surface area contributed by atoms with Crippen molar-refractivity contribution in [2.75, 3.05) is 11.9 Å². The smallest absolute Gasteiger partial charge is 0.305 e. The van der Waals surface area contributed by atoms with Crippen molar-refractivity contribution in [3.63, 3.8) is 0 Å². The summed E-state index contributed by atoms with van der Waals surface area (Å²) < 4.78 is 6.30. The van der Waals surface area contributed by atoms with Crippen molar-refractivity contribution in [1.82, 2.24) is 10.6 Å². The Labute approximate surface area is 194 Å². The number of nitrogens with one attached hydrogen (secondary N) is 3. The molecule has 1 fully saturated rings. The maximum Gasteiger partial charge on any atom is 0.305 e. The van der Waals surface area contributed by atoms with E-state index in [0.717, 1.165) is 24.0 Å². The number of ether oxygens (including phenoxy) is 1. The molecule has 4 N–H and O–H groups in total. The van der Waals surface area contributed by atoms with Gasteiger partial charge >= 0.3 is 5.97 Å². The SMILES string of the molecule is CC(=O)Nc1ccc(C(C)(C)C)c(C2(N[C@@H](C)C(=O)N[C@H](C=O)CC(=O)O)CCCCO2)c1. The summed E-state index contributed by atoms with van der Waals surface area (Å²) in [4.78, 5) is 46.6. The minimum Gasteiger partial charge on any atom is -0.481 e. The first-order chi connectivity index (χ1) is 15.4. The third kappa shape index (κ3) is 7.10. The van der Waals surface area contributed by atoms with E-state index in [1.807, 2.05) is 18.2 Å². The number of anilines is 1. The van der Waals surface area contributed by atoms with Crippen LogP contribution in [0.4, 0.5) is 5.69 Å². The fourth-order valence-electron chi connectivity index (χ4n) is 4.06. The normalized spacial score (nSPS) is 20.4. The quantitative estimate of drug-likeness (QED) is 0.415. The van der Waals surface area contributed by atoms with Gasteiger partial charge in [-0.3, -0.25) is 19.7 Å². The third-order valence-corrected chi connectivity index (χ3v) is 5.58. The topological polar surface area (TPSA) is 134 Å². The number of carbonyl (C=O) groups excluding carboxylic acids is 3. The molecule has 0 aromatic heterocycles. The van der Waals surface area contributed by atoms with Gasteiger partial charge in [0.05, 0.1) is 18.5 Å². The first-order valence-electron chi connectivity index (χ1n) is 11.2. The number of carbonyl (C=O) groups is 4. The average Bonchev–Trinajstić information content (AvgIpc) is 2.72. The maximum absolute atomic E-state index is 12.8. The molecular formula is C24H35N3O6. The van der Waals surface area contributed by atoms with E-state index >= 15 is 0 Å². The summed E-state index contributed by atoms with van der Waals surface area (Å²) in [7, 11) is 0. The molecule has 1 aliphatic heterocycles. The van der Waals surface area contributed by atoms with Crippen molar-refractivity contribution < 1.29 is 29.0 Å². The van der Waals surface area contributed by atoms with Crippen LogP contribution in [0.2, 0.25) is 0 Å². The monoisotopic (exact) mass is 461 g/mol. The zero-order valence-electron chi connectivity index (χ0n) is 20.0. The molecule has 1 aromatic rings. The largest absolute Gasteiger partial charge is 0.481 e. The van der Waals surface area contributed by atoms with Crippen LogP contribution >= 0.6 is 0 Å². The van der Waals surface area contributed by atoms with Crippen LogP contribution in [-0.2, 0) is 35.1 Å². The lowest BCUT2D eigenvalue weighted by Gasteiger charge is -2.43. The lowest BCUT2D eigenvalue weighted by Crippen LogP contribution is -2.57. The van der Waals surface area contributed by atoms with Crippen LogP contribution < -0.4 is 16.0 Å². The summed E-state index contributed by atoms with van der Waals surface area (Å²) in [6.07, 6.45) is 2.28. The molecule has 0 aliphatic carbocycles. The van der Waals surface area contributed by atoms with Gasteiger partial charge in [0.15, 0.2) is 0 Å². The molecule has 182 valence electrons. The lowest BCUT2D eigenvalue weighted by molar-refractivity contribution is -0.140. The molecule has 0 saturated carbocycles. The Morgan fingerprint density at radius 3 is 2.45 bits per heavy atom. The van der Waals surface area contributed by atoms with Crippen LogP contribution in [0.15, 0.2) is 18.2 Å². The molecule has 0 bridgehead atoms. The fraction of sp³-hybridized carbons (Fsp3) is 0.583. The Morgan fingerprint density at radius 1 is 1.24 bits per heavy atom. The Bertz CT molecular complexity index is 887. The highest BCUT2D eigenvalue weighted by Gasteiger charge is 2.41. The summed E-state index contributed by atoms with van der Waals surface area (Å²) in [6, 6.07) is 3.79. The van der Waals surface area contributed by atoms with Gasteiger partial charge < -0.3 is 25.3 Å². The van der Waals surface area contributed by atoms with Crippen LogP contribution in [0, 0.1) is 0 Å². The van der Waals surface area contributed by atoms with Crippen LogP contribution in [0.5, 0.6) is 0 Å². The van der Waals surface area contributed by atoms with Crippen molar-refractivity contribution in [1.29, 1.82) is 0 Å². The molecule has 1 heterocycles. The third-order valence-electron chi connectivity index (χ3n) is 5.58. The van der Waals surface area contributed by atoms with Gasteiger partial charge in [-0.05, 0) is 49.3 Å². The number of hydrogen-bond donors (Lipinski definition) is 4. The number of aliphatic carboxylic acids is 1. The van der Waals surface area contributed by atoms with E-state index < -0.39 is 36.1 Å². The fourth-order valence-corrected chi connectivity index (χ4v) is 4.06. The van der Waals surface area contributed by atoms with Gasteiger partial charge in [0.25, 0.3) is 0 Å². The van der Waals surface area contributed by atoms with Gasteiger partial charge in [-0.1, -0.05) is 26.8 Å². The molecule has 9 nitrogen and oxygen atoms in total. The van der Waals surface area contributed by atoms with E-state index in [0.29, 0.717) is 25.0 Å². The highest BCUT2D eigenvalue weighted by atomic mass is 16.5. The van der Waals surface area contributed by atoms with Crippen LogP contribution in [-0.4, -0.2) is 47.9 Å². The maximum atomic E-state index is 12.8. The van der Waals surface area contributed by atoms with Crippen molar-refractivity contribution in [2.24, 2.45) is 0 Å². The van der Waals surface area contributed by atoms with Crippen LogP contribution in [0.1, 0.15) is 71.4 Å². The molecule has 1 aromatic carbocycles. The molecule has 2 amide bonds. The average molecular weight is 462 g/mol. The number of carboxylic acid groups (broad SMARTS) is 1. The number of aldehydes is 1. The molecule has 33 heavy (non-hydrogen) atoms. The van der Waals surface area contributed by atoms with E-state index in [4.69, 9.17) is 9.84 Å². The van der Waals surface area contributed by atoms with E-state index in [2.05, 4.69) is 36.7 Å². The predicted molar refractivity (Wildman–Crippen MR) is 124 cm³/mol. The van der Waals surface area contributed by atoms with Crippen molar-refractivity contribution in [3.8, 4) is 0 Å². The highest BCUT2D eigenvalue weighted by Crippen LogP contribution is 2.40. The molecule has 1 unspecified atom stereocenters. The van der Waals surface area contributed by atoms with E-state index in [1.165, 1.54) is 6.92 Å². The summed E-state index contributed by atoms with van der Waals surface area (Å²) in [5.41, 5.74) is 1.24. The summed E-state index contributed by atoms with van der Waals surface area (Å²) in [5.74, 6) is -1.87. The van der Waals surface area contributed by atoms with Crippen molar-refractivity contribution in [2.45, 2.75) is 83.5 Å². The molecule has 2 rings (SSSR count). The Morgan fingerprint density at radius 2 is 1.94 bits per heavy atom. The molecule has 3 atom stereocenters. The highest BCUT2D eigenvalue weighted by molar-refractivity contribution is 5.89. The number of hydrogen-bond acceptors (Lipinski definition) is 6. The molecular weight excluding hydrogens is 426 g/mol. The molecule has 1 saturated heterocycles. The summed E-state index contributed by atoms with van der Waals surface area (Å²) in [6.45, 7) is 9.82. The first kappa shape index (κ1) is 26.5. The standard InChI is InChI=1S/C24H35N3O6/c1-15(22(32)26-18(14-28)13-21(30)31)27-24(10-6-7-11-33-24)20-12-17(25-16(2)29)8-9-19(20)23(3,4)5/h8-9,12,14-15,18,27H,6-7,10-11,13H2,1-5H3,(H,25,29)(H,26,32)(H,30,31)/t15-,18-,24?/m0/s1. The van der Waals surface area contributed by atoms with Gasteiger partial charge in [0, 0.05) is 24.8 Å². The van der Waals surface area contributed by atoms with Gasteiger partial charge in [-0.15, -0.1) is 0 Å². The Hall–Kier alpha value is -2.78. The molecule has 0 radical (unpaired) electrons. The second-order valence-corrected chi connectivity index (χ2v) is 9.54. The molecule has 0 spiro atoms. The second-order valence-electron chi connectivity index (χ2n) is 9.54. The minimum absolute atomic E-state index is 0.192. The van der Waals surface area contributed by atoms with Crippen LogP contribution in [0.25, 0.3) is 0 Å². The molecule has 1 aliphatic rings. The van der Waals surface area contributed by atoms with Gasteiger partial charge in [0.2, 0.25) is 11.8 Å². The second kappa shape index (κ2) is 10.9. The first-order valence-corrected chi connectivity index (χ1v) is 11.2. The number of benzene rings is 1. The van der Waals surface area contributed by atoms with Crippen LogP contribution in [0.3, 0.4) is 0 Å². The van der Waals surface area contributed by atoms with Crippen molar-refractivity contribution >= 4 is 29.8 Å². The predicted octanol–water partition coefficient (Wildman–Crippen LogP) is 2.43. The van der Waals surface area contributed by atoms with Gasteiger partial charge in [-0.25, -0.2) is 0 Å². The zero-order chi connectivity index (χ0) is 24.8. The van der Waals surface area contributed by atoms with E-state index in [9.17, 15) is 19.2 Å². The van der Waals surface area contributed by atoms with E-state index in [-0.39, 0.29) is 11.3 Å². The minimum atomic E-state index is -1.18. The van der Waals surface area contributed by atoms with E-state index in [1.54, 1.807) is 6.92 Å². The molecule has 9 heteroatoms. The number of carboxylic acids is 1. The lowest BCUT2D eigenvalue weighted by atomic mass is 9.78. The Balaban J connectivity index is 2.43.